The van der Waals surface area contributed by atoms with Gasteiger partial charge in [0, 0.05) is 19.1 Å². The van der Waals surface area contributed by atoms with Crippen molar-refractivity contribution in [3.63, 3.8) is 0 Å². The van der Waals surface area contributed by atoms with Crippen LogP contribution in [0.5, 0.6) is 0 Å². The lowest BCUT2D eigenvalue weighted by atomic mass is 9.81. The summed E-state index contributed by atoms with van der Waals surface area (Å²) in [6, 6.07) is 8.93. The number of oxime groups is 1. The maximum Gasteiger partial charge on any atom is 0.351 e. The Hall–Kier alpha value is -2.39. The van der Waals surface area contributed by atoms with Crippen LogP contribution in [0.2, 0.25) is 0 Å². The van der Waals surface area contributed by atoms with E-state index in [-0.39, 0.29) is 13.0 Å². The van der Waals surface area contributed by atoms with Crippen molar-refractivity contribution < 1.29 is 19.5 Å². The third kappa shape index (κ3) is 2.60. The molecule has 110 valence electrons. The zero-order chi connectivity index (χ0) is 15.5. The minimum absolute atomic E-state index is 0.199. The molecule has 1 aromatic rings. The Morgan fingerprint density at radius 2 is 2.38 bits per heavy atom. The molecule has 6 heteroatoms. The van der Waals surface area contributed by atoms with Gasteiger partial charge in [0.25, 0.3) is 0 Å². The molecule has 0 amide bonds. The molecule has 0 aromatic heterocycles. The quantitative estimate of drug-likeness (QED) is 0.891. The van der Waals surface area contributed by atoms with Crippen molar-refractivity contribution in [3.05, 3.63) is 35.4 Å². The molecule has 21 heavy (non-hydrogen) atoms. The number of aliphatic carboxylic acids is 1. The smallest absolute Gasteiger partial charge is 0.351 e. The Balaban J connectivity index is 2.32. The van der Waals surface area contributed by atoms with Crippen molar-refractivity contribution in [1.29, 1.82) is 5.26 Å². The Bertz CT molecular complexity index is 620. The summed E-state index contributed by atoms with van der Waals surface area (Å²) in [6.45, 7) is 2.02. The van der Waals surface area contributed by atoms with E-state index in [1.165, 1.54) is 7.11 Å². The van der Waals surface area contributed by atoms with Crippen molar-refractivity contribution in [2.45, 2.75) is 18.9 Å². The van der Waals surface area contributed by atoms with E-state index in [4.69, 9.17) is 14.8 Å². The van der Waals surface area contributed by atoms with Crippen LogP contribution in [0.15, 0.2) is 29.4 Å². The summed E-state index contributed by atoms with van der Waals surface area (Å²) in [6.07, 6.45) is 0.199. The third-order valence-corrected chi connectivity index (χ3v) is 3.74. The molecule has 1 aliphatic rings. The Morgan fingerprint density at radius 1 is 1.62 bits per heavy atom. The first-order valence-corrected chi connectivity index (χ1v) is 6.54. The molecule has 1 aliphatic heterocycles. The second kappa shape index (κ2) is 5.94. The van der Waals surface area contributed by atoms with E-state index in [2.05, 4.69) is 11.2 Å². The normalized spacial score (nSPS) is 24.0. The second-order valence-electron chi connectivity index (χ2n) is 4.92. The van der Waals surface area contributed by atoms with Gasteiger partial charge in [0.05, 0.1) is 29.9 Å². The lowest BCUT2D eigenvalue weighted by Gasteiger charge is -2.26. The number of benzene rings is 1. The molecule has 0 radical (unpaired) electrons. The number of nitriles is 1. The highest BCUT2D eigenvalue weighted by Gasteiger charge is 2.53. The topological polar surface area (TPSA) is 91.9 Å². The first-order valence-electron chi connectivity index (χ1n) is 6.54. The highest BCUT2D eigenvalue weighted by Crippen LogP contribution is 2.36. The standard InChI is InChI=1S/C15H16N2O4/c1-10-13(12-5-3-4-11(8-12)9-16)17-21-15(10,14(18)19)6-7-20-2/h3-5,8,10H,6-7H2,1-2H3,(H,18,19). The number of ether oxygens (including phenoxy) is 1. The van der Waals surface area contributed by atoms with Gasteiger partial charge in [0.2, 0.25) is 5.60 Å². The fourth-order valence-corrected chi connectivity index (χ4v) is 2.41. The van der Waals surface area contributed by atoms with E-state index < -0.39 is 17.5 Å². The molecule has 1 N–H and O–H groups in total. The third-order valence-electron chi connectivity index (χ3n) is 3.74. The average Bonchev–Trinajstić information content (AvgIpc) is 2.83. The molecule has 2 unspecified atom stereocenters. The number of hydrogen-bond donors (Lipinski definition) is 1. The summed E-state index contributed by atoms with van der Waals surface area (Å²) < 4.78 is 4.97. The zero-order valence-electron chi connectivity index (χ0n) is 11.9. The van der Waals surface area contributed by atoms with Crippen LogP contribution in [-0.2, 0) is 14.4 Å². The van der Waals surface area contributed by atoms with E-state index in [0.29, 0.717) is 16.8 Å². The average molecular weight is 288 g/mol. The number of hydrogen-bond acceptors (Lipinski definition) is 5. The summed E-state index contributed by atoms with van der Waals surface area (Å²) in [5, 5.41) is 22.4. The molecule has 0 fully saturated rings. The minimum Gasteiger partial charge on any atom is -0.478 e. The first-order chi connectivity index (χ1) is 10.0. The molecule has 1 heterocycles. The van der Waals surface area contributed by atoms with Crippen LogP contribution in [0.3, 0.4) is 0 Å². The summed E-state index contributed by atoms with van der Waals surface area (Å²) >= 11 is 0. The van der Waals surface area contributed by atoms with E-state index in [0.717, 1.165) is 0 Å². The van der Waals surface area contributed by atoms with Crippen molar-refractivity contribution in [1.82, 2.24) is 0 Å². The highest BCUT2D eigenvalue weighted by atomic mass is 16.7. The fourth-order valence-electron chi connectivity index (χ4n) is 2.41. The molecule has 1 aromatic carbocycles. The largest absolute Gasteiger partial charge is 0.478 e. The van der Waals surface area contributed by atoms with Crippen LogP contribution in [0.25, 0.3) is 0 Å². The van der Waals surface area contributed by atoms with Gasteiger partial charge in [0.15, 0.2) is 0 Å². The van der Waals surface area contributed by atoms with Gasteiger partial charge in [-0.15, -0.1) is 0 Å². The van der Waals surface area contributed by atoms with Gasteiger partial charge in [0.1, 0.15) is 0 Å². The van der Waals surface area contributed by atoms with Crippen LogP contribution < -0.4 is 0 Å². The van der Waals surface area contributed by atoms with Crippen LogP contribution >= 0.6 is 0 Å². The predicted octanol–water partition coefficient (Wildman–Crippen LogP) is 1.79. The summed E-state index contributed by atoms with van der Waals surface area (Å²) in [5.74, 6) is -1.51. The molecule has 6 nitrogen and oxygen atoms in total. The number of nitrogens with zero attached hydrogens (tertiary/aromatic N) is 2. The lowest BCUT2D eigenvalue weighted by Crippen LogP contribution is -2.46. The second-order valence-corrected chi connectivity index (χ2v) is 4.92. The number of carboxylic acids is 1. The lowest BCUT2D eigenvalue weighted by molar-refractivity contribution is -0.169. The van der Waals surface area contributed by atoms with Gasteiger partial charge < -0.3 is 14.7 Å². The molecule has 0 saturated carbocycles. The van der Waals surface area contributed by atoms with Gasteiger partial charge in [-0.3, -0.25) is 0 Å². The van der Waals surface area contributed by atoms with Crippen molar-refractivity contribution in [2.24, 2.45) is 11.1 Å². The molecular weight excluding hydrogens is 272 g/mol. The minimum atomic E-state index is -1.42. The Labute approximate surface area is 122 Å². The van der Waals surface area contributed by atoms with Gasteiger partial charge in [-0.05, 0) is 12.1 Å². The van der Waals surface area contributed by atoms with Crippen molar-refractivity contribution in [2.75, 3.05) is 13.7 Å². The fraction of sp³-hybridized carbons (Fsp3) is 0.400. The van der Waals surface area contributed by atoms with Gasteiger partial charge >= 0.3 is 5.97 Å². The van der Waals surface area contributed by atoms with Crippen LogP contribution in [0, 0.1) is 17.2 Å². The predicted molar refractivity (Wildman–Crippen MR) is 74.8 cm³/mol. The number of methoxy groups -OCH3 is 1. The highest BCUT2D eigenvalue weighted by molar-refractivity contribution is 6.06. The van der Waals surface area contributed by atoms with Crippen molar-refractivity contribution in [3.8, 4) is 6.07 Å². The number of rotatable bonds is 5. The van der Waals surface area contributed by atoms with E-state index >= 15 is 0 Å². The molecule has 0 spiro atoms. The van der Waals surface area contributed by atoms with Gasteiger partial charge in [-0.25, -0.2) is 4.79 Å². The van der Waals surface area contributed by atoms with E-state index in [9.17, 15) is 9.90 Å². The molecule has 0 saturated heterocycles. The summed E-state index contributed by atoms with van der Waals surface area (Å²) in [4.78, 5) is 16.9. The van der Waals surface area contributed by atoms with E-state index in [1.807, 2.05) is 0 Å². The number of carbonyl (C=O) groups is 1. The molecular formula is C15H16N2O4. The molecule has 2 rings (SSSR count). The first kappa shape index (κ1) is 15.0. The SMILES string of the molecule is COCCC1(C(=O)O)ON=C(c2cccc(C#N)c2)C1C. The summed E-state index contributed by atoms with van der Waals surface area (Å²) in [7, 11) is 1.51. The number of carboxylic acid groups (broad SMARTS) is 1. The van der Waals surface area contributed by atoms with Gasteiger partial charge in [-0.2, -0.15) is 5.26 Å². The zero-order valence-corrected chi connectivity index (χ0v) is 11.9. The Morgan fingerprint density at radius 3 is 3.00 bits per heavy atom. The Kier molecular flexibility index (Phi) is 4.24. The van der Waals surface area contributed by atoms with Crippen molar-refractivity contribution >= 4 is 11.7 Å². The van der Waals surface area contributed by atoms with Gasteiger partial charge in [-0.1, -0.05) is 24.2 Å². The maximum absolute atomic E-state index is 11.6. The maximum atomic E-state index is 11.6. The summed E-state index contributed by atoms with van der Waals surface area (Å²) in [5.41, 5.74) is 0.299. The monoisotopic (exact) mass is 288 g/mol. The molecule has 2 atom stereocenters. The van der Waals surface area contributed by atoms with Crippen LogP contribution in [0.4, 0.5) is 0 Å². The van der Waals surface area contributed by atoms with E-state index in [1.54, 1.807) is 31.2 Å². The molecule has 0 bridgehead atoms. The van der Waals surface area contributed by atoms with Crippen LogP contribution in [-0.4, -0.2) is 36.1 Å². The molecule has 0 aliphatic carbocycles. The van der Waals surface area contributed by atoms with Crippen LogP contribution in [0.1, 0.15) is 24.5 Å².